The van der Waals surface area contributed by atoms with Crippen LogP contribution < -0.4 is 4.90 Å². The van der Waals surface area contributed by atoms with Gasteiger partial charge >= 0.3 is 5.97 Å². The number of carboxylic acids is 1. The van der Waals surface area contributed by atoms with Gasteiger partial charge in [-0.1, -0.05) is 18.2 Å². The van der Waals surface area contributed by atoms with Crippen LogP contribution in [0.5, 0.6) is 0 Å². The maximum Gasteiger partial charge on any atom is 0.335 e. The van der Waals surface area contributed by atoms with Gasteiger partial charge < -0.3 is 14.9 Å². The Kier molecular flexibility index (Phi) is 4.58. The predicted octanol–water partition coefficient (Wildman–Crippen LogP) is 2.46. The van der Waals surface area contributed by atoms with Crippen LogP contribution in [-0.4, -0.2) is 40.9 Å². The molecule has 144 valence electrons. The fraction of sp³-hybridized carbons (Fsp3) is 0.286. The predicted molar refractivity (Wildman–Crippen MR) is 99.4 cm³/mol. The number of carbonyl (C=O) groups is 3. The fourth-order valence-electron chi connectivity index (χ4n) is 3.91. The van der Waals surface area contributed by atoms with Crippen LogP contribution >= 0.6 is 0 Å². The third-order valence-electron chi connectivity index (χ3n) is 5.39. The smallest absolute Gasteiger partial charge is 0.335 e. The van der Waals surface area contributed by atoms with Gasteiger partial charge in [0.2, 0.25) is 11.8 Å². The zero-order valence-corrected chi connectivity index (χ0v) is 15.1. The van der Waals surface area contributed by atoms with E-state index in [1.54, 1.807) is 35.2 Å². The van der Waals surface area contributed by atoms with Gasteiger partial charge in [0, 0.05) is 26.1 Å². The summed E-state index contributed by atoms with van der Waals surface area (Å²) in [6, 6.07) is 11.0. The summed E-state index contributed by atoms with van der Waals surface area (Å²) in [5.41, 5.74) is 2.23. The van der Waals surface area contributed by atoms with E-state index in [0.717, 1.165) is 11.1 Å². The molecular weight excluding hydrogens is 363 g/mol. The zero-order valence-electron chi connectivity index (χ0n) is 15.1. The highest BCUT2D eigenvalue weighted by Crippen LogP contribution is 2.30. The van der Waals surface area contributed by atoms with Crippen molar-refractivity contribution in [3.8, 4) is 0 Å². The molecule has 4 rings (SSSR count). The molecule has 0 aromatic heterocycles. The van der Waals surface area contributed by atoms with E-state index < -0.39 is 17.7 Å². The number of fused-ring (bicyclic) bond motifs is 1. The van der Waals surface area contributed by atoms with Gasteiger partial charge in [-0.3, -0.25) is 9.59 Å². The number of anilines is 1. The molecule has 0 saturated carbocycles. The van der Waals surface area contributed by atoms with E-state index in [9.17, 15) is 18.8 Å². The van der Waals surface area contributed by atoms with Crippen LogP contribution in [-0.2, 0) is 22.6 Å². The normalized spacial score (nSPS) is 18.9. The maximum absolute atomic E-state index is 14.0. The number of nitrogens with zero attached hydrogens (tertiary/aromatic N) is 2. The second-order valence-electron chi connectivity index (χ2n) is 7.16. The van der Waals surface area contributed by atoms with Gasteiger partial charge in [-0.25, -0.2) is 9.18 Å². The number of carbonyl (C=O) groups excluding carboxylic acids is 2. The summed E-state index contributed by atoms with van der Waals surface area (Å²) >= 11 is 0. The summed E-state index contributed by atoms with van der Waals surface area (Å²) in [6.07, 6.45) is 0.685. The van der Waals surface area contributed by atoms with Crippen molar-refractivity contribution in [2.24, 2.45) is 5.92 Å². The van der Waals surface area contributed by atoms with E-state index in [4.69, 9.17) is 5.11 Å². The van der Waals surface area contributed by atoms with E-state index in [1.807, 2.05) is 0 Å². The number of benzene rings is 2. The first-order valence-electron chi connectivity index (χ1n) is 9.13. The van der Waals surface area contributed by atoms with Crippen molar-refractivity contribution in [1.82, 2.24) is 4.90 Å². The van der Waals surface area contributed by atoms with Crippen molar-refractivity contribution in [2.75, 3.05) is 18.0 Å². The summed E-state index contributed by atoms with van der Waals surface area (Å²) in [4.78, 5) is 39.5. The summed E-state index contributed by atoms with van der Waals surface area (Å²) in [5, 5.41) is 9.17. The quantitative estimate of drug-likeness (QED) is 0.885. The number of hydrogen-bond acceptors (Lipinski definition) is 3. The molecule has 6 nitrogen and oxygen atoms in total. The molecule has 1 unspecified atom stereocenters. The van der Waals surface area contributed by atoms with Gasteiger partial charge in [0.15, 0.2) is 0 Å². The van der Waals surface area contributed by atoms with Gasteiger partial charge in [-0.15, -0.1) is 0 Å². The van der Waals surface area contributed by atoms with E-state index in [1.165, 1.54) is 17.0 Å². The van der Waals surface area contributed by atoms with Crippen molar-refractivity contribution >= 4 is 23.5 Å². The average molecular weight is 382 g/mol. The van der Waals surface area contributed by atoms with Crippen molar-refractivity contribution in [3.05, 3.63) is 65.0 Å². The van der Waals surface area contributed by atoms with Crippen LogP contribution in [0.1, 0.15) is 27.9 Å². The minimum absolute atomic E-state index is 0.0473. The van der Waals surface area contributed by atoms with Gasteiger partial charge in [0.1, 0.15) is 5.82 Å². The zero-order chi connectivity index (χ0) is 19.8. The molecule has 1 N–H and O–H groups in total. The molecule has 2 amide bonds. The molecule has 0 radical (unpaired) electrons. The van der Waals surface area contributed by atoms with Crippen molar-refractivity contribution in [3.63, 3.8) is 0 Å². The van der Waals surface area contributed by atoms with Crippen molar-refractivity contribution < 1.29 is 23.9 Å². The number of rotatable bonds is 3. The lowest BCUT2D eigenvalue weighted by atomic mass is 9.96. The number of hydrogen-bond donors (Lipinski definition) is 1. The first-order valence-corrected chi connectivity index (χ1v) is 9.13. The third-order valence-corrected chi connectivity index (χ3v) is 5.39. The highest BCUT2D eigenvalue weighted by atomic mass is 19.1. The maximum atomic E-state index is 14.0. The Morgan fingerprint density at radius 1 is 1.11 bits per heavy atom. The minimum Gasteiger partial charge on any atom is -0.478 e. The monoisotopic (exact) mass is 382 g/mol. The largest absolute Gasteiger partial charge is 0.478 e. The van der Waals surface area contributed by atoms with Gasteiger partial charge in [-0.2, -0.15) is 0 Å². The molecule has 1 atom stereocenters. The van der Waals surface area contributed by atoms with Crippen LogP contribution in [0.3, 0.4) is 0 Å². The molecule has 2 aromatic carbocycles. The molecule has 1 saturated heterocycles. The minimum atomic E-state index is -1.01. The van der Waals surface area contributed by atoms with Gasteiger partial charge in [0.25, 0.3) is 0 Å². The number of para-hydroxylation sites is 1. The molecule has 7 heteroatoms. The molecule has 2 heterocycles. The fourth-order valence-corrected chi connectivity index (χ4v) is 3.91. The topological polar surface area (TPSA) is 77.9 Å². The summed E-state index contributed by atoms with van der Waals surface area (Å²) in [7, 11) is 0. The van der Waals surface area contributed by atoms with Crippen LogP contribution in [0, 0.1) is 11.7 Å². The standard InChI is InChI=1S/C21H19FN2O4/c22-17-3-1-2-4-18(17)24-12-16(10-19(24)25)20(26)23-8-7-13-5-6-14(21(27)28)9-15(13)11-23/h1-6,9,16H,7-8,10-12H2,(H,27,28). The molecule has 1 fully saturated rings. The molecular formula is C21H19FN2O4. The van der Waals surface area contributed by atoms with E-state index in [0.29, 0.717) is 19.5 Å². The van der Waals surface area contributed by atoms with Crippen LogP contribution in [0.4, 0.5) is 10.1 Å². The first-order chi connectivity index (χ1) is 13.4. The second-order valence-corrected chi connectivity index (χ2v) is 7.16. The Hall–Kier alpha value is -3.22. The first kappa shape index (κ1) is 18.2. The number of amides is 2. The molecule has 0 spiro atoms. The lowest BCUT2D eigenvalue weighted by Gasteiger charge is -2.31. The third kappa shape index (κ3) is 3.24. The average Bonchev–Trinajstić information content (AvgIpc) is 3.08. The molecule has 2 aliphatic rings. The van der Waals surface area contributed by atoms with E-state index in [-0.39, 0.29) is 36.0 Å². The SMILES string of the molecule is O=C(O)c1ccc2c(c1)CN(C(=O)C1CC(=O)N(c3ccccc3F)C1)CC2. The Morgan fingerprint density at radius 3 is 2.64 bits per heavy atom. The summed E-state index contributed by atoms with van der Waals surface area (Å²) in [6.45, 7) is 0.986. The Labute approximate surface area is 161 Å². The number of halogens is 1. The molecule has 0 bridgehead atoms. The molecule has 2 aromatic rings. The highest BCUT2D eigenvalue weighted by molar-refractivity contribution is 6.00. The van der Waals surface area contributed by atoms with E-state index >= 15 is 0 Å². The number of aromatic carboxylic acids is 1. The lowest BCUT2D eigenvalue weighted by Crippen LogP contribution is -2.40. The molecule has 2 aliphatic heterocycles. The van der Waals surface area contributed by atoms with Crippen LogP contribution in [0.25, 0.3) is 0 Å². The van der Waals surface area contributed by atoms with Gasteiger partial charge in [0.05, 0.1) is 17.2 Å². The lowest BCUT2D eigenvalue weighted by molar-refractivity contribution is -0.136. The number of carboxylic acid groups (broad SMARTS) is 1. The Morgan fingerprint density at radius 2 is 1.89 bits per heavy atom. The Bertz CT molecular complexity index is 975. The van der Waals surface area contributed by atoms with Crippen LogP contribution in [0.15, 0.2) is 42.5 Å². The van der Waals surface area contributed by atoms with Crippen molar-refractivity contribution in [2.45, 2.75) is 19.4 Å². The highest BCUT2D eigenvalue weighted by Gasteiger charge is 2.38. The Balaban J connectivity index is 1.50. The van der Waals surface area contributed by atoms with Crippen molar-refractivity contribution in [1.29, 1.82) is 0 Å². The van der Waals surface area contributed by atoms with Gasteiger partial charge in [-0.05, 0) is 41.8 Å². The van der Waals surface area contributed by atoms with E-state index in [2.05, 4.69) is 0 Å². The van der Waals surface area contributed by atoms with Crippen LogP contribution in [0.2, 0.25) is 0 Å². The molecule has 28 heavy (non-hydrogen) atoms. The summed E-state index contributed by atoms with van der Waals surface area (Å²) < 4.78 is 14.0. The summed E-state index contributed by atoms with van der Waals surface area (Å²) in [5.74, 6) is -2.45. The molecule has 0 aliphatic carbocycles. The second kappa shape index (κ2) is 7.07.